The molecule has 104 valence electrons. The number of hydrogen-bond acceptors (Lipinski definition) is 3. The Morgan fingerprint density at radius 1 is 1.37 bits per heavy atom. The van der Waals surface area contributed by atoms with Crippen LogP contribution in [0, 0.1) is 0 Å². The second kappa shape index (κ2) is 6.57. The molecule has 2 rings (SSSR count). The van der Waals surface area contributed by atoms with Crippen LogP contribution in [0.25, 0.3) is 0 Å². The van der Waals surface area contributed by atoms with Gasteiger partial charge in [-0.1, -0.05) is 18.2 Å². The van der Waals surface area contributed by atoms with E-state index >= 15 is 0 Å². The molecule has 1 fully saturated rings. The van der Waals surface area contributed by atoms with Crippen molar-refractivity contribution in [1.82, 2.24) is 4.90 Å². The fourth-order valence-corrected chi connectivity index (χ4v) is 2.67. The van der Waals surface area contributed by atoms with Gasteiger partial charge in [0.2, 0.25) is 0 Å². The molecule has 0 spiro atoms. The molecule has 0 unspecified atom stereocenters. The molecule has 1 N–H and O–H groups in total. The summed E-state index contributed by atoms with van der Waals surface area (Å²) in [6, 6.07) is 9.58. The zero-order valence-corrected chi connectivity index (χ0v) is 11.3. The van der Waals surface area contributed by atoms with Crippen molar-refractivity contribution < 1.29 is 14.6 Å². The van der Waals surface area contributed by atoms with Gasteiger partial charge in [0, 0.05) is 12.6 Å². The first-order valence-corrected chi connectivity index (χ1v) is 6.85. The number of carboxylic acids is 1. The van der Waals surface area contributed by atoms with Crippen LogP contribution >= 0.6 is 0 Å². The highest BCUT2D eigenvalue weighted by Crippen LogP contribution is 2.22. The van der Waals surface area contributed by atoms with Crippen LogP contribution in [-0.4, -0.2) is 41.2 Å². The van der Waals surface area contributed by atoms with E-state index < -0.39 is 5.97 Å². The van der Waals surface area contributed by atoms with Gasteiger partial charge in [0.05, 0.1) is 0 Å². The molecule has 1 heterocycles. The first kappa shape index (κ1) is 13.9. The topological polar surface area (TPSA) is 49.8 Å². The lowest BCUT2D eigenvalue weighted by molar-refractivity contribution is -0.146. The summed E-state index contributed by atoms with van der Waals surface area (Å²) in [6.07, 6.45) is 2.80. The van der Waals surface area contributed by atoms with E-state index in [9.17, 15) is 9.90 Å². The van der Waals surface area contributed by atoms with E-state index in [1.807, 2.05) is 30.3 Å². The smallest absolute Gasteiger partial charge is 0.320 e. The number of benzene rings is 1. The molecule has 0 saturated carbocycles. The van der Waals surface area contributed by atoms with Gasteiger partial charge in [-0.2, -0.15) is 0 Å². The van der Waals surface area contributed by atoms with Crippen LogP contribution in [0.15, 0.2) is 30.3 Å². The summed E-state index contributed by atoms with van der Waals surface area (Å²) in [6.45, 7) is 3.28. The van der Waals surface area contributed by atoms with Gasteiger partial charge < -0.3 is 9.84 Å². The lowest BCUT2D eigenvalue weighted by Crippen LogP contribution is -2.50. The van der Waals surface area contributed by atoms with Crippen molar-refractivity contribution in [3.8, 4) is 5.75 Å². The van der Waals surface area contributed by atoms with Crippen LogP contribution in [0.3, 0.4) is 0 Å². The van der Waals surface area contributed by atoms with Gasteiger partial charge >= 0.3 is 5.97 Å². The van der Waals surface area contributed by atoms with Crippen molar-refractivity contribution in [3.63, 3.8) is 0 Å². The predicted molar refractivity (Wildman–Crippen MR) is 73.4 cm³/mol. The number of piperidine rings is 1. The minimum Gasteiger partial charge on any atom is -0.492 e. The summed E-state index contributed by atoms with van der Waals surface area (Å²) in [7, 11) is 0. The van der Waals surface area contributed by atoms with E-state index in [4.69, 9.17) is 4.74 Å². The Labute approximate surface area is 114 Å². The number of carbonyl (C=O) groups is 1. The molecule has 19 heavy (non-hydrogen) atoms. The van der Waals surface area contributed by atoms with E-state index in [1.165, 1.54) is 0 Å². The molecule has 4 heteroatoms. The maximum absolute atomic E-state index is 11.3. The van der Waals surface area contributed by atoms with Gasteiger partial charge in [-0.05, 0) is 38.3 Å². The third-order valence-electron chi connectivity index (χ3n) is 3.71. The summed E-state index contributed by atoms with van der Waals surface area (Å²) in [5.74, 6) is 0.116. The second-order valence-corrected chi connectivity index (χ2v) is 5.03. The van der Waals surface area contributed by atoms with Crippen molar-refractivity contribution >= 4 is 5.97 Å². The Hall–Kier alpha value is -1.55. The highest BCUT2D eigenvalue weighted by Gasteiger charge is 2.32. The van der Waals surface area contributed by atoms with Crippen molar-refractivity contribution in [2.24, 2.45) is 0 Å². The standard InChI is InChI=1S/C15H21NO3/c1-12-6-5-9-14(15(17)18)16(12)10-11-19-13-7-3-2-4-8-13/h2-4,7-8,12,14H,5-6,9-11H2,1H3,(H,17,18)/t12-,14-/m1/s1. The molecular formula is C15H21NO3. The number of aliphatic carboxylic acids is 1. The fourth-order valence-electron chi connectivity index (χ4n) is 2.67. The van der Waals surface area contributed by atoms with Crippen LogP contribution in [0.1, 0.15) is 26.2 Å². The molecule has 0 amide bonds. The minimum absolute atomic E-state index is 0.314. The average Bonchev–Trinajstić information content (AvgIpc) is 2.41. The summed E-state index contributed by atoms with van der Waals surface area (Å²) < 4.78 is 5.65. The Balaban J connectivity index is 1.87. The summed E-state index contributed by atoms with van der Waals surface area (Å²) in [5.41, 5.74) is 0. The molecule has 1 aliphatic rings. The molecule has 0 aliphatic carbocycles. The van der Waals surface area contributed by atoms with Crippen LogP contribution in [0.2, 0.25) is 0 Å². The lowest BCUT2D eigenvalue weighted by Gasteiger charge is -2.38. The Morgan fingerprint density at radius 3 is 2.79 bits per heavy atom. The zero-order valence-electron chi connectivity index (χ0n) is 11.3. The molecule has 1 aliphatic heterocycles. The van der Waals surface area contributed by atoms with E-state index in [2.05, 4.69) is 11.8 Å². The lowest BCUT2D eigenvalue weighted by atomic mass is 9.96. The van der Waals surface area contributed by atoms with Crippen molar-refractivity contribution in [2.75, 3.05) is 13.2 Å². The Morgan fingerprint density at radius 2 is 2.11 bits per heavy atom. The molecule has 1 saturated heterocycles. The first-order chi connectivity index (χ1) is 9.18. The van der Waals surface area contributed by atoms with Gasteiger partial charge in [0.15, 0.2) is 0 Å². The fraction of sp³-hybridized carbons (Fsp3) is 0.533. The molecule has 2 atom stereocenters. The van der Waals surface area contributed by atoms with Gasteiger partial charge in [-0.3, -0.25) is 9.69 Å². The summed E-state index contributed by atoms with van der Waals surface area (Å²) in [5, 5.41) is 9.26. The maximum Gasteiger partial charge on any atom is 0.320 e. The van der Waals surface area contributed by atoms with Crippen LogP contribution in [0.5, 0.6) is 5.75 Å². The predicted octanol–water partition coefficient (Wildman–Crippen LogP) is 2.39. The van der Waals surface area contributed by atoms with Gasteiger partial charge in [-0.25, -0.2) is 0 Å². The SMILES string of the molecule is C[C@@H]1CCC[C@H](C(=O)O)N1CCOc1ccccc1. The highest BCUT2D eigenvalue weighted by molar-refractivity contribution is 5.73. The summed E-state index contributed by atoms with van der Waals surface area (Å²) in [4.78, 5) is 13.3. The number of hydrogen-bond donors (Lipinski definition) is 1. The maximum atomic E-state index is 11.3. The highest BCUT2D eigenvalue weighted by atomic mass is 16.5. The molecule has 1 aromatic carbocycles. The van der Waals surface area contributed by atoms with E-state index in [-0.39, 0.29) is 6.04 Å². The quantitative estimate of drug-likeness (QED) is 0.886. The van der Waals surface area contributed by atoms with E-state index in [0.717, 1.165) is 25.0 Å². The Kier molecular flexibility index (Phi) is 4.80. The number of nitrogens with zero attached hydrogens (tertiary/aromatic N) is 1. The molecule has 0 aromatic heterocycles. The summed E-state index contributed by atoms with van der Waals surface area (Å²) >= 11 is 0. The van der Waals surface area contributed by atoms with Gasteiger partial charge in [-0.15, -0.1) is 0 Å². The third-order valence-corrected chi connectivity index (χ3v) is 3.71. The number of ether oxygens (including phenoxy) is 1. The molecule has 0 radical (unpaired) electrons. The number of likely N-dealkylation sites (tertiary alicyclic amines) is 1. The van der Waals surface area contributed by atoms with E-state index in [1.54, 1.807) is 0 Å². The largest absolute Gasteiger partial charge is 0.492 e. The van der Waals surface area contributed by atoms with Crippen molar-refractivity contribution in [1.29, 1.82) is 0 Å². The molecule has 0 bridgehead atoms. The van der Waals surface area contributed by atoms with Crippen LogP contribution < -0.4 is 4.74 Å². The normalized spacial score (nSPS) is 24.1. The number of rotatable bonds is 5. The Bertz CT molecular complexity index is 407. The van der Waals surface area contributed by atoms with Crippen LogP contribution in [0.4, 0.5) is 0 Å². The van der Waals surface area contributed by atoms with E-state index in [0.29, 0.717) is 19.2 Å². The monoisotopic (exact) mass is 263 g/mol. The average molecular weight is 263 g/mol. The number of carboxylic acid groups (broad SMARTS) is 1. The molecule has 4 nitrogen and oxygen atoms in total. The van der Waals surface area contributed by atoms with Crippen LogP contribution in [-0.2, 0) is 4.79 Å². The van der Waals surface area contributed by atoms with Gasteiger partial charge in [0.25, 0.3) is 0 Å². The van der Waals surface area contributed by atoms with Gasteiger partial charge in [0.1, 0.15) is 18.4 Å². The number of para-hydroxylation sites is 1. The third kappa shape index (κ3) is 3.70. The minimum atomic E-state index is -0.716. The van der Waals surface area contributed by atoms with Crippen molar-refractivity contribution in [2.45, 2.75) is 38.3 Å². The zero-order chi connectivity index (χ0) is 13.7. The molecular weight excluding hydrogens is 242 g/mol. The molecule has 1 aromatic rings. The second-order valence-electron chi connectivity index (χ2n) is 5.03. The van der Waals surface area contributed by atoms with Crippen molar-refractivity contribution in [3.05, 3.63) is 30.3 Å². The first-order valence-electron chi connectivity index (χ1n) is 6.85.